The molecule has 0 aliphatic heterocycles. The predicted molar refractivity (Wildman–Crippen MR) is 171 cm³/mol. The Morgan fingerprint density at radius 2 is 1.43 bits per heavy atom. The average Bonchev–Trinajstić information content (AvgIpc) is 3.02. The highest BCUT2D eigenvalue weighted by Gasteiger charge is 2.36. The molecule has 0 fully saturated rings. The molecule has 7 nitrogen and oxygen atoms in total. The van der Waals surface area contributed by atoms with E-state index in [2.05, 4.69) is 5.32 Å². The van der Waals surface area contributed by atoms with Crippen LogP contribution in [0.4, 0.5) is 18.9 Å². The number of nitrogens with zero attached hydrogens (tertiary/aromatic N) is 2. The van der Waals surface area contributed by atoms with Crippen LogP contribution in [0.15, 0.2) is 114 Å². The van der Waals surface area contributed by atoms with Crippen molar-refractivity contribution in [2.24, 2.45) is 0 Å². The van der Waals surface area contributed by atoms with Gasteiger partial charge < -0.3 is 10.2 Å². The van der Waals surface area contributed by atoms with Crippen molar-refractivity contribution in [2.75, 3.05) is 10.8 Å². The summed E-state index contributed by atoms with van der Waals surface area (Å²) in [5.41, 5.74) is 0.924. The highest BCUT2D eigenvalue weighted by Crippen LogP contribution is 2.33. The lowest BCUT2D eigenvalue weighted by Gasteiger charge is -2.34. The van der Waals surface area contributed by atoms with Gasteiger partial charge in [-0.1, -0.05) is 78.9 Å². The van der Waals surface area contributed by atoms with Crippen LogP contribution in [0.1, 0.15) is 36.1 Å². The Morgan fingerprint density at radius 1 is 0.826 bits per heavy atom. The molecule has 0 bridgehead atoms. The number of hydrogen-bond donors (Lipinski definition) is 1. The maximum Gasteiger partial charge on any atom is 0.416 e. The van der Waals surface area contributed by atoms with Gasteiger partial charge in [0.15, 0.2) is 0 Å². The highest BCUT2D eigenvalue weighted by atomic mass is 32.2. The van der Waals surface area contributed by atoms with Gasteiger partial charge >= 0.3 is 6.18 Å². The Hall–Kier alpha value is -4.64. The van der Waals surface area contributed by atoms with Crippen molar-refractivity contribution in [3.8, 4) is 0 Å². The molecule has 0 aliphatic carbocycles. The molecule has 11 heteroatoms. The van der Waals surface area contributed by atoms with Crippen molar-refractivity contribution < 1.29 is 31.2 Å². The zero-order valence-corrected chi connectivity index (χ0v) is 26.6. The van der Waals surface area contributed by atoms with Gasteiger partial charge in [-0.15, -0.1) is 0 Å². The fourth-order valence-corrected chi connectivity index (χ4v) is 6.42. The first-order valence-electron chi connectivity index (χ1n) is 14.7. The van der Waals surface area contributed by atoms with E-state index in [4.69, 9.17) is 0 Å². The minimum atomic E-state index is -4.76. The van der Waals surface area contributed by atoms with Crippen LogP contribution in [0.25, 0.3) is 0 Å². The summed E-state index contributed by atoms with van der Waals surface area (Å²) in [6, 6.07) is 26.0. The zero-order chi connectivity index (χ0) is 33.5. The number of hydrogen-bond acceptors (Lipinski definition) is 4. The number of carbonyl (C=O) groups is 2. The summed E-state index contributed by atoms with van der Waals surface area (Å²) in [4.78, 5) is 29.3. The van der Waals surface area contributed by atoms with Crippen molar-refractivity contribution in [1.29, 1.82) is 0 Å². The fourth-order valence-electron chi connectivity index (χ4n) is 4.99. The smallest absolute Gasteiger partial charge is 0.352 e. The number of carbonyl (C=O) groups excluding carboxylic acids is 2. The standard InChI is InChI=1S/C35H36F3N3O4S/c1-25(2)39-34(43)32(21-27-14-6-4-7-15-27)40(23-28-16-11-10-13-26(28)3)33(42)24-41(46(44,45)31-19-8-5-9-20-31)30-18-12-17-29(22-30)35(36,37)38/h4-20,22,25,32H,21,23-24H2,1-3H3,(H,39,43)/t32-/m0/s1. The first-order valence-corrected chi connectivity index (χ1v) is 16.1. The monoisotopic (exact) mass is 651 g/mol. The van der Waals surface area contributed by atoms with E-state index in [0.29, 0.717) is 10.4 Å². The SMILES string of the molecule is Cc1ccccc1CN(C(=O)CN(c1cccc(C(F)(F)F)c1)S(=O)(=O)c1ccccc1)[C@@H](Cc1ccccc1)C(=O)NC(C)C. The summed E-state index contributed by atoms with van der Waals surface area (Å²) in [5, 5.41) is 2.87. The van der Waals surface area contributed by atoms with Crippen LogP contribution in [-0.4, -0.2) is 43.8 Å². The van der Waals surface area contributed by atoms with E-state index in [1.807, 2.05) is 49.4 Å². The highest BCUT2D eigenvalue weighted by molar-refractivity contribution is 7.92. The van der Waals surface area contributed by atoms with Crippen molar-refractivity contribution in [1.82, 2.24) is 10.2 Å². The summed E-state index contributed by atoms with van der Waals surface area (Å²) in [6.45, 7) is 4.52. The number of benzene rings is 4. The van der Waals surface area contributed by atoms with Crippen LogP contribution in [0, 0.1) is 6.92 Å². The van der Waals surface area contributed by atoms with Crippen molar-refractivity contribution >= 4 is 27.5 Å². The molecule has 0 aliphatic rings. The molecular weight excluding hydrogens is 615 g/mol. The van der Waals surface area contributed by atoms with Crippen LogP contribution >= 0.6 is 0 Å². The Balaban J connectivity index is 1.85. The average molecular weight is 652 g/mol. The molecule has 0 aromatic heterocycles. The van der Waals surface area contributed by atoms with Crippen molar-refractivity contribution in [3.63, 3.8) is 0 Å². The largest absolute Gasteiger partial charge is 0.416 e. The van der Waals surface area contributed by atoms with Crippen molar-refractivity contribution in [2.45, 2.75) is 56.9 Å². The molecule has 0 saturated heterocycles. The Kier molecular flexibility index (Phi) is 10.9. The number of aryl methyl sites for hydroxylation is 1. The molecule has 46 heavy (non-hydrogen) atoms. The number of anilines is 1. The number of nitrogens with one attached hydrogen (secondary N) is 1. The lowest BCUT2D eigenvalue weighted by atomic mass is 10.0. The van der Waals surface area contributed by atoms with Crippen LogP contribution in [0.3, 0.4) is 0 Å². The molecule has 0 heterocycles. The zero-order valence-electron chi connectivity index (χ0n) is 25.7. The minimum Gasteiger partial charge on any atom is -0.352 e. The van der Waals surface area contributed by atoms with Crippen molar-refractivity contribution in [3.05, 3.63) is 131 Å². The minimum absolute atomic E-state index is 0.0453. The van der Waals surface area contributed by atoms with E-state index in [1.54, 1.807) is 32.0 Å². The van der Waals surface area contributed by atoms with Gasteiger partial charge in [-0.25, -0.2) is 8.42 Å². The second-order valence-corrected chi connectivity index (χ2v) is 13.1. The molecule has 4 aromatic rings. The molecule has 1 atom stereocenters. The van der Waals surface area contributed by atoms with Gasteiger partial charge in [0.2, 0.25) is 11.8 Å². The lowest BCUT2D eigenvalue weighted by molar-refractivity contribution is -0.140. The Bertz CT molecular complexity index is 1750. The predicted octanol–water partition coefficient (Wildman–Crippen LogP) is 6.37. The molecule has 4 aromatic carbocycles. The van der Waals surface area contributed by atoms with E-state index < -0.39 is 46.2 Å². The topological polar surface area (TPSA) is 86.8 Å². The number of rotatable bonds is 12. The normalized spacial score (nSPS) is 12.4. The molecule has 4 rings (SSSR count). The van der Waals surface area contributed by atoms with E-state index >= 15 is 0 Å². The second-order valence-electron chi connectivity index (χ2n) is 11.2. The van der Waals surface area contributed by atoms with Gasteiger partial charge in [0.1, 0.15) is 12.6 Å². The van der Waals surface area contributed by atoms with Crippen LogP contribution in [0.5, 0.6) is 0 Å². The molecule has 2 amide bonds. The van der Waals surface area contributed by atoms with Gasteiger partial charge in [0, 0.05) is 19.0 Å². The quantitative estimate of drug-likeness (QED) is 0.193. The van der Waals surface area contributed by atoms with Gasteiger partial charge in [0.05, 0.1) is 16.1 Å². The first kappa shape index (κ1) is 34.2. The Labute approximate surface area is 267 Å². The summed E-state index contributed by atoms with van der Waals surface area (Å²) < 4.78 is 69.9. The number of halogens is 3. The first-order chi connectivity index (χ1) is 21.8. The van der Waals surface area contributed by atoms with E-state index in [-0.39, 0.29) is 29.6 Å². The third kappa shape index (κ3) is 8.54. The summed E-state index contributed by atoms with van der Waals surface area (Å²) >= 11 is 0. The number of sulfonamides is 1. The molecule has 0 spiro atoms. The molecule has 0 saturated carbocycles. The summed E-state index contributed by atoms with van der Waals surface area (Å²) in [7, 11) is -4.53. The van der Waals surface area contributed by atoms with Gasteiger partial charge in [-0.3, -0.25) is 13.9 Å². The van der Waals surface area contributed by atoms with E-state index in [9.17, 15) is 31.2 Å². The van der Waals surface area contributed by atoms with Crippen LogP contribution in [-0.2, 0) is 38.8 Å². The van der Waals surface area contributed by atoms with Crippen LogP contribution in [0.2, 0.25) is 0 Å². The third-order valence-corrected chi connectivity index (χ3v) is 9.16. The van der Waals surface area contributed by atoms with E-state index in [1.165, 1.54) is 35.2 Å². The summed E-state index contributed by atoms with van der Waals surface area (Å²) in [6.07, 6.45) is -4.64. The molecule has 242 valence electrons. The second kappa shape index (κ2) is 14.6. The fraction of sp³-hybridized carbons (Fsp3) is 0.257. The molecule has 0 radical (unpaired) electrons. The maximum atomic E-state index is 14.4. The van der Waals surface area contributed by atoms with Crippen LogP contribution < -0.4 is 9.62 Å². The van der Waals surface area contributed by atoms with Gasteiger partial charge in [-0.2, -0.15) is 13.2 Å². The van der Waals surface area contributed by atoms with Gasteiger partial charge in [-0.05, 0) is 67.8 Å². The van der Waals surface area contributed by atoms with E-state index in [0.717, 1.165) is 28.8 Å². The number of amides is 2. The summed E-state index contributed by atoms with van der Waals surface area (Å²) in [5.74, 6) is -1.21. The molecular formula is C35H36F3N3O4S. The third-order valence-electron chi connectivity index (χ3n) is 7.38. The Morgan fingerprint density at radius 3 is 2.04 bits per heavy atom. The number of alkyl halides is 3. The molecule has 0 unspecified atom stereocenters. The molecule has 1 N–H and O–H groups in total. The van der Waals surface area contributed by atoms with Gasteiger partial charge in [0.25, 0.3) is 10.0 Å². The maximum absolute atomic E-state index is 14.4. The lowest BCUT2D eigenvalue weighted by Crippen LogP contribution is -2.54.